The second-order valence-corrected chi connectivity index (χ2v) is 4.59. The van der Waals surface area contributed by atoms with E-state index in [1.807, 2.05) is 0 Å². The Bertz CT molecular complexity index is 549. The van der Waals surface area contributed by atoms with Gasteiger partial charge in [0.2, 0.25) is 0 Å². The van der Waals surface area contributed by atoms with Gasteiger partial charge in [0.15, 0.2) is 11.4 Å². The maximum atomic E-state index is 9.36. The molecule has 1 saturated heterocycles. The summed E-state index contributed by atoms with van der Waals surface area (Å²) in [6, 6.07) is 5.00. The SMILES string of the molecule is Oc1ccc2c(NCCN3CCOCC3)noc2c1. The predicted molar refractivity (Wildman–Crippen MR) is 71.4 cm³/mol. The molecule has 1 aromatic heterocycles. The summed E-state index contributed by atoms with van der Waals surface area (Å²) < 4.78 is 10.5. The van der Waals surface area contributed by atoms with Crippen LogP contribution in [-0.2, 0) is 4.74 Å². The lowest BCUT2D eigenvalue weighted by Gasteiger charge is -2.26. The number of hydrogen-bond acceptors (Lipinski definition) is 6. The molecule has 2 aromatic rings. The molecule has 0 amide bonds. The molecular weight excluding hydrogens is 246 g/mol. The van der Waals surface area contributed by atoms with Gasteiger partial charge in [-0.3, -0.25) is 4.90 Å². The lowest BCUT2D eigenvalue weighted by Crippen LogP contribution is -2.39. The Labute approximate surface area is 110 Å². The smallest absolute Gasteiger partial charge is 0.177 e. The summed E-state index contributed by atoms with van der Waals surface area (Å²) in [6.07, 6.45) is 0. The number of anilines is 1. The van der Waals surface area contributed by atoms with Crippen LogP contribution in [0.3, 0.4) is 0 Å². The Morgan fingerprint density at radius 1 is 1.32 bits per heavy atom. The minimum atomic E-state index is 0.184. The number of benzene rings is 1. The van der Waals surface area contributed by atoms with E-state index in [0.29, 0.717) is 5.58 Å². The average molecular weight is 263 g/mol. The first kappa shape index (κ1) is 12.3. The quantitative estimate of drug-likeness (QED) is 0.866. The van der Waals surface area contributed by atoms with Crippen LogP contribution in [0.15, 0.2) is 22.7 Å². The van der Waals surface area contributed by atoms with Gasteiger partial charge in [0, 0.05) is 32.2 Å². The molecule has 102 valence electrons. The second-order valence-electron chi connectivity index (χ2n) is 4.59. The highest BCUT2D eigenvalue weighted by atomic mass is 16.5. The molecule has 0 bridgehead atoms. The van der Waals surface area contributed by atoms with E-state index in [2.05, 4.69) is 15.4 Å². The summed E-state index contributed by atoms with van der Waals surface area (Å²) in [6.45, 7) is 5.35. The molecule has 1 aliphatic heterocycles. The number of aromatic nitrogens is 1. The van der Waals surface area contributed by atoms with Crippen molar-refractivity contribution in [3.8, 4) is 5.75 Å². The fourth-order valence-electron chi connectivity index (χ4n) is 2.21. The number of nitrogens with one attached hydrogen (secondary N) is 1. The molecule has 6 nitrogen and oxygen atoms in total. The summed E-state index contributed by atoms with van der Waals surface area (Å²) in [5.41, 5.74) is 0.592. The Kier molecular flexibility index (Phi) is 3.52. The molecule has 1 aliphatic rings. The van der Waals surface area contributed by atoms with Gasteiger partial charge in [-0.2, -0.15) is 0 Å². The van der Waals surface area contributed by atoms with E-state index < -0.39 is 0 Å². The van der Waals surface area contributed by atoms with Gasteiger partial charge in [-0.1, -0.05) is 5.16 Å². The van der Waals surface area contributed by atoms with E-state index in [4.69, 9.17) is 9.26 Å². The lowest BCUT2D eigenvalue weighted by atomic mass is 10.2. The van der Waals surface area contributed by atoms with Crippen molar-refractivity contribution in [3.63, 3.8) is 0 Å². The maximum Gasteiger partial charge on any atom is 0.177 e. The van der Waals surface area contributed by atoms with Gasteiger partial charge in [-0.15, -0.1) is 0 Å². The third kappa shape index (κ3) is 2.80. The number of hydrogen-bond donors (Lipinski definition) is 2. The maximum absolute atomic E-state index is 9.36. The predicted octanol–water partition coefficient (Wildman–Crippen LogP) is 1.28. The fourth-order valence-corrected chi connectivity index (χ4v) is 2.21. The number of ether oxygens (including phenoxy) is 1. The van der Waals surface area contributed by atoms with Crippen molar-refractivity contribution in [2.24, 2.45) is 0 Å². The summed E-state index contributed by atoms with van der Waals surface area (Å²) in [5, 5.41) is 17.5. The molecule has 0 radical (unpaired) electrons. The van der Waals surface area contributed by atoms with E-state index >= 15 is 0 Å². The van der Waals surface area contributed by atoms with E-state index in [1.165, 1.54) is 0 Å². The number of aromatic hydroxyl groups is 1. The van der Waals surface area contributed by atoms with Crippen molar-refractivity contribution in [2.75, 3.05) is 44.7 Å². The van der Waals surface area contributed by atoms with Gasteiger partial charge < -0.3 is 19.7 Å². The normalized spacial score (nSPS) is 16.8. The van der Waals surface area contributed by atoms with Crippen LogP contribution in [0.4, 0.5) is 5.82 Å². The zero-order chi connectivity index (χ0) is 13.1. The van der Waals surface area contributed by atoms with Gasteiger partial charge in [0.25, 0.3) is 0 Å². The molecule has 2 heterocycles. The van der Waals surface area contributed by atoms with Crippen molar-refractivity contribution >= 4 is 16.8 Å². The molecule has 0 saturated carbocycles. The molecule has 0 unspecified atom stereocenters. The topological polar surface area (TPSA) is 70.8 Å². The number of fused-ring (bicyclic) bond motifs is 1. The van der Waals surface area contributed by atoms with Crippen LogP contribution < -0.4 is 5.32 Å². The van der Waals surface area contributed by atoms with E-state index in [-0.39, 0.29) is 5.75 Å². The minimum absolute atomic E-state index is 0.184. The van der Waals surface area contributed by atoms with Gasteiger partial charge in [0.05, 0.1) is 18.6 Å². The van der Waals surface area contributed by atoms with Crippen molar-refractivity contribution < 1.29 is 14.4 Å². The number of phenolic OH excluding ortho intramolecular Hbond substituents is 1. The molecule has 0 atom stereocenters. The monoisotopic (exact) mass is 263 g/mol. The molecule has 19 heavy (non-hydrogen) atoms. The van der Waals surface area contributed by atoms with Crippen LogP contribution in [0.1, 0.15) is 0 Å². The van der Waals surface area contributed by atoms with Crippen molar-refractivity contribution in [3.05, 3.63) is 18.2 Å². The van der Waals surface area contributed by atoms with Gasteiger partial charge in [-0.05, 0) is 12.1 Å². The zero-order valence-electron chi connectivity index (χ0n) is 10.6. The standard InChI is InChI=1S/C13H17N3O3/c17-10-1-2-11-12(9-10)19-15-13(11)14-3-4-16-5-7-18-8-6-16/h1-2,9,17H,3-8H2,(H,14,15). The van der Waals surface area contributed by atoms with Crippen molar-refractivity contribution in [1.82, 2.24) is 10.1 Å². The number of rotatable bonds is 4. The first-order chi connectivity index (χ1) is 9.33. The Hall–Kier alpha value is -1.79. The van der Waals surface area contributed by atoms with Crippen LogP contribution >= 0.6 is 0 Å². The van der Waals surface area contributed by atoms with Crippen LogP contribution in [0, 0.1) is 0 Å². The van der Waals surface area contributed by atoms with Crippen LogP contribution in [0.25, 0.3) is 11.0 Å². The molecule has 0 aliphatic carbocycles. The van der Waals surface area contributed by atoms with Crippen LogP contribution in [0.5, 0.6) is 5.75 Å². The molecular formula is C13H17N3O3. The van der Waals surface area contributed by atoms with Gasteiger partial charge >= 0.3 is 0 Å². The van der Waals surface area contributed by atoms with Crippen LogP contribution in [-0.4, -0.2) is 54.6 Å². The number of morpholine rings is 1. The Morgan fingerprint density at radius 3 is 3.00 bits per heavy atom. The van der Waals surface area contributed by atoms with E-state index in [0.717, 1.165) is 50.6 Å². The molecule has 1 aromatic carbocycles. The summed E-state index contributed by atoms with van der Waals surface area (Å²) in [5.74, 6) is 0.909. The molecule has 1 fully saturated rings. The van der Waals surface area contributed by atoms with Gasteiger partial charge in [0.1, 0.15) is 5.75 Å². The summed E-state index contributed by atoms with van der Waals surface area (Å²) in [7, 11) is 0. The summed E-state index contributed by atoms with van der Waals surface area (Å²) >= 11 is 0. The Balaban J connectivity index is 1.59. The van der Waals surface area contributed by atoms with E-state index in [9.17, 15) is 5.11 Å². The van der Waals surface area contributed by atoms with Crippen molar-refractivity contribution in [1.29, 1.82) is 0 Å². The second kappa shape index (κ2) is 5.46. The molecule has 2 N–H and O–H groups in total. The third-order valence-electron chi connectivity index (χ3n) is 3.28. The first-order valence-electron chi connectivity index (χ1n) is 6.45. The zero-order valence-corrected chi connectivity index (χ0v) is 10.6. The average Bonchev–Trinajstić information content (AvgIpc) is 2.82. The van der Waals surface area contributed by atoms with Gasteiger partial charge in [-0.25, -0.2) is 0 Å². The number of nitrogens with zero attached hydrogens (tertiary/aromatic N) is 2. The van der Waals surface area contributed by atoms with E-state index in [1.54, 1.807) is 18.2 Å². The summed E-state index contributed by atoms with van der Waals surface area (Å²) in [4.78, 5) is 2.35. The minimum Gasteiger partial charge on any atom is -0.508 e. The Morgan fingerprint density at radius 2 is 2.16 bits per heavy atom. The highest BCUT2D eigenvalue weighted by Gasteiger charge is 2.11. The molecule has 0 spiro atoms. The third-order valence-corrected chi connectivity index (χ3v) is 3.28. The van der Waals surface area contributed by atoms with Crippen molar-refractivity contribution in [2.45, 2.75) is 0 Å². The lowest BCUT2D eigenvalue weighted by molar-refractivity contribution is 0.0398. The van der Waals surface area contributed by atoms with Crippen LogP contribution in [0.2, 0.25) is 0 Å². The largest absolute Gasteiger partial charge is 0.508 e. The highest BCUT2D eigenvalue weighted by molar-refractivity contribution is 5.88. The molecule has 6 heteroatoms. The number of phenols is 1. The highest BCUT2D eigenvalue weighted by Crippen LogP contribution is 2.25. The fraction of sp³-hybridized carbons (Fsp3) is 0.462. The first-order valence-corrected chi connectivity index (χ1v) is 6.45. The molecule has 3 rings (SSSR count).